The number of halogens is 2. The van der Waals surface area contributed by atoms with Crippen molar-refractivity contribution >= 4 is 180 Å². The highest BCUT2D eigenvalue weighted by atomic mass is 35.5. The fraction of sp³-hybridized carbons (Fsp3) is 0.347. The van der Waals surface area contributed by atoms with Gasteiger partial charge in [0.1, 0.15) is 0 Å². The summed E-state index contributed by atoms with van der Waals surface area (Å²) in [5, 5.41) is 33.3. The second-order valence-corrected chi connectivity index (χ2v) is 34.3. The standard InChI is InChI=1S/C13H13ClN4O4S2.C10H13ClN2O5S2.C10H13NO3S.2C8H12N4O4S2/c1-7(2)10(19)18-24(21,22)13-17-16-12(23-13)15-11(20)8-3-5-9(14)6-4-8;1-6(2)10(14)13-20(17,18)9-4-7(11)3-8(5-9)19(12,15)16;1-8(2)10(12)11-15(13,14)9-6-4-3-5-7-9;2*1-4(2)6(14)12-18(15,16)8-11-10-7(17-8)9-5(3)13/h3-7H,1-2H3,(H,18,19)(H,15,16,20);3-6H,1-2H3,(H,13,14)(H2,12,15,16);3-8H,1-2H3,(H,11,12);2*4H,1-3H3,(H,12,14)(H,9,10,13). The van der Waals surface area contributed by atoms with Gasteiger partial charge in [-0.3, -0.25) is 43.7 Å². The lowest BCUT2D eigenvalue weighted by Crippen LogP contribution is -2.33. The summed E-state index contributed by atoms with van der Waals surface area (Å²) in [7, 11) is -24.2. The highest BCUT2D eigenvalue weighted by molar-refractivity contribution is 7.93. The number of rotatable bonds is 20. The van der Waals surface area contributed by atoms with Gasteiger partial charge in [0.15, 0.2) is 0 Å². The number of nitrogens with two attached hydrogens (primary N) is 1. The molecule has 0 saturated carbocycles. The zero-order valence-corrected chi connectivity index (χ0v) is 60.5. The van der Waals surface area contributed by atoms with Crippen molar-refractivity contribution in [2.24, 2.45) is 34.7 Å². The highest BCUT2D eigenvalue weighted by Gasteiger charge is 2.28. The quantitative estimate of drug-likeness (QED) is 0.0494. The van der Waals surface area contributed by atoms with Crippen molar-refractivity contribution in [2.45, 2.75) is 111 Å². The molecule has 3 heterocycles. The summed E-state index contributed by atoms with van der Waals surface area (Å²) in [6, 6.07) is 16.8. The molecule has 0 aliphatic rings. The molecule has 0 saturated heterocycles. The smallest absolute Gasteiger partial charge is 0.293 e. The molecule has 0 aliphatic carbocycles. The molecular weight excluding hydrogens is 1480 g/mol. The Bertz CT molecular complexity index is 4370. The number of carbonyl (C=O) groups is 8. The Kier molecular flexibility index (Phi) is 31.5. The zero-order chi connectivity index (χ0) is 72.9. The van der Waals surface area contributed by atoms with Gasteiger partial charge < -0.3 is 10.6 Å². The van der Waals surface area contributed by atoms with E-state index >= 15 is 0 Å². The van der Waals surface area contributed by atoms with Crippen LogP contribution in [0.5, 0.6) is 0 Å². The van der Waals surface area contributed by atoms with E-state index in [1.807, 2.05) is 23.6 Å². The average molecular weight is 1540 g/mol. The van der Waals surface area contributed by atoms with Gasteiger partial charge in [0.25, 0.3) is 69.0 Å². The van der Waals surface area contributed by atoms with Gasteiger partial charge >= 0.3 is 0 Å². The summed E-state index contributed by atoms with van der Waals surface area (Å²) < 4.78 is 149. The number of hydrogen-bond donors (Lipinski definition) is 9. The van der Waals surface area contributed by atoms with Crippen molar-refractivity contribution in [3.63, 3.8) is 0 Å². The first-order valence-corrected chi connectivity index (χ1v) is 38.5. The van der Waals surface area contributed by atoms with E-state index < -0.39 is 133 Å². The minimum Gasteiger partial charge on any atom is -0.301 e. The van der Waals surface area contributed by atoms with E-state index in [4.69, 9.17) is 28.3 Å². The van der Waals surface area contributed by atoms with Crippen molar-refractivity contribution < 1.29 is 88.9 Å². The molecule has 6 rings (SSSR count). The van der Waals surface area contributed by atoms with Crippen LogP contribution in [0.1, 0.15) is 93.4 Å². The van der Waals surface area contributed by atoms with E-state index in [9.17, 15) is 88.9 Å². The molecule has 522 valence electrons. The van der Waals surface area contributed by atoms with Crippen LogP contribution in [-0.2, 0) is 93.7 Å². The monoisotopic (exact) mass is 1540 g/mol. The minimum atomic E-state index is -4.21. The molecule has 0 fully saturated rings. The Labute approximate surface area is 568 Å². The second kappa shape index (κ2) is 35.9. The number of aromatic nitrogens is 6. The molecule has 3 aromatic heterocycles. The Morgan fingerprint density at radius 1 is 0.379 bits per heavy atom. The second-order valence-electron chi connectivity index (χ2n) is 20.0. The van der Waals surface area contributed by atoms with E-state index in [0.717, 1.165) is 18.2 Å². The average Bonchev–Trinajstić information content (AvgIpc) is 1.68. The lowest BCUT2D eigenvalue weighted by molar-refractivity contribution is -0.123. The highest BCUT2D eigenvalue weighted by Crippen LogP contribution is 2.25. The number of amides is 8. The molecule has 35 nitrogen and oxygen atoms in total. The summed E-state index contributed by atoms with van der Waals surface area (Å²) >= 11 is 13.4. The van der Waals surface area contributed by atoms with Crippen molar-refractivity contribution in [3.05, 3.63) is 88.4 Å². The Morgan fingerprint density at radius 3 is 0.979 bits per heavy atom. The van der Waals surface area contributed by atoms with Crippen LogP contribution < -0.4 is 44.7 Å². The number of hydrogen-bond acceptors (Lipinski definition) is 29. The predicted molar refractivity (Wildman–Crippen MR) is 348 cm³/mol. The van der Waals surface area contributed by atoms with Crippen LogP contribution in [0.3, 0.4) is 0 Å². The van der Waals surface area contributed by atoms with Crippen molar-refractivity contribution in [3.8, 4) is 0 Å². The Hall–Kier alpha value is -7.66. The van der Waals surface area contributed by atoms with Crippen molar-refractivity contribution in [1.29, 1.82) is 0 Å². The maximum Gasteiger partial charge on any atom is 0.293 e. The maximum atomic E-state index is 12.0. The van der Waals surface area contributed by atoms with E-state index in [2.05, 4.69) is 46.5 Å². The summed E-state index contributed by atoms with van der Waals surface area (Å²) in [6.45, 7) is 18.2. The van der Waals surface area contributed by atoms with Gasteiger partial charge in [-0.15, -0.1) is 30.6 Å². The largest absolute Gasteiger partial charge is 0.301 e. The Balaban J connectivity index is 0.000000408. The van der Waals surface area contributed by atoms with E-state index in [1.165, 1.54) is 52.0 Å². The van der Waals surface area contributed by atoms with E-state index in [0.29, 0.717) is 44.6 Å². The molecule has 10 N–H and O–H groups in total. The summed E-state index contributed by atoms with van der Waals surface area (Å²) in [5.74, 6) is -6.76. The minimum absolute atomic E-state index is 0.00711. The van der Waals surface area contributed by atoms with Crippen LogP contribution in [0.2, 0.25) is 10.0 Å². The molecule has 3 aromatic carbocycles. The number of anilines is 3. The summed E-state index contributed by atoms with van der Waals surface area (Å²) in [4.78, 5) is 89.5. The number of sulfonamides is 6. The topological polar surface area (TPSA) is 541 Å². The predicted octanol–water partition coefficient (Wildman–Crippen LogP) is 3.42. The molecule has 0 atom stereocenters. The number of carbonyl (C=O) groups excluding carboxylic acids is 8. The van der Waals surface area contributed by atoms with Gasteiger partial charge in [-0.05, 0) is 54.6 Å². The van der Waals surface area contributed by atoms with Crippen LogP contribution >= 0.6 is 57.2 Å². The van der Waals surface area contributed by atoms with Gasteiger partial charge in [-0.25, -0.2) is 54.0 Å². The molecule has 46 heteroatoms. The van der Waals surface area contributed by atoms with E-state index in [1.54, 1.807) is 85.7 Å². The molecular formula is C49H63Cl2N15O20S9. The van der Waals surface area contributed by atoms with Crippen LogP contribution in [0.15, 0.2) is 101 Å². The molecule has 0 bridgehead atoms. The third kappa shape index (κ3) is 28.7. The number of benzene rings is 3. The number of primary sulfonamides is 1. The molecule has 8 amide bonds. The van der Waals surface area contributed by atoms with Gasteiger partial charge in [-0.2, -0.15) is 25.3 Å². The van der Waals surface area contributed by atoms with Crippen LogP contribution in [-0.4, -0.2) is 128 Å². The zero-order valence-electron chi connectivity index (χ0n) is 51.7. The Morgan fingerprint density at radius 2 is 0.674 bits per heavy atom. The SMILES string of the molecule is CC(=O)Nc1nnc(S(=O)(=O)NC(=O)C(C)C)s1.CC(=O)Nc1nnc(S(=O)(=O)NC(=O)C(C)C)s1.CC(C)C(=O)NS(=O)(=O)c1cc(Cl)cc(S(N)(=O)=O)c1.CC(C)C(=O)NS(=O)(=O)c1ccccc1.CC(C)C(=O)NS(=O)(=O)c1nnc(NC(=O)c2ccc(Cl)cc2)s1. The fourth-order valence-corrected chi connectivity index (χ4v) is 14.7. The van der Waals surface area contributed by atoms with Gasteiger partial charge in [0.05, 0.1) is 14.7 Å². The van der Waals surface area contributed by atoms with Gasteiger partial charge in [0, 0.05) is 59.0 Å². The summed E-state index contributed by atoms with van der Waals surface area (Å²) in [6.07, 6.45) is 0. The van der Waals surface area contributed by atoms with Crippen molar-refractivity contribution in [2.75, 3.05) is 16.0 Å². The first kappa shape index (κ1) is 83.4. The third-order valence-electron chi connectivity index (χ3n) is 10.1. The molecule has 6 aromatic rings. The first-order valence-electron chi connectivity index (χ1n) is 26.3. The van der Waals surface area contributed by atoms with Crippen LogP contribution in [0.25, 0.3) is 0 Å². The fourth-order valence-electron chi connectivity index (χ4n) is 5.13. The normalized spacial score (nSPS) is 11.6. The van der Waals surface area contributed by atoms with Gasteiger partial charge in [0.2, 0.25) is 66.8 Å². The van der Waals surface area contributed by atoms with Crippen LogP contribution in [0.4, 0.5) is 15.4 Å². The number of nitrogens with one attached hydrogen (secondary N) is 8. The van der Waals surface area contributed by atoms with E-state index in [-0.39, 0.29) is 51.7 Å². The molecule has 95 heavy (non-hydrogen) atoms. The maximum absolute atomic E-state index is 12.0. The molecule has 0 radical (unpaired) electrons. The van der Waals surface area contributed by atoms with Crippen LogP contribution in [0, 0.1) is 29.6 Å². The first-order chi connectivity index (χ1) is 43.5. The lowest BCUT2D eigenvalue weighted by atomic mass is 10.2. The summed E-state index contributed by atoms with van der Waals surface area (Å²) in [5.41, 5.74) is 0.326. The third-order valence-corrected chi connectivity index (χ3v) is 21.8. The number of nitrogens with zero attached hydrogens (tertiary/aromatic N) is 6. The molecule has 0 spiro atoms. The lowest BCUT2D eigenvalue weighted by Gasteiger charge is -2.10. The van der Waals surface area contributed by atoms with Crippen molar-refractivity contribution in [1.82, 2.24) is 54.2 Å². The van der Waals surface area contributed by atoms with Gasteiger partial charge in [-0.1, -0.05) is 145 Å². The molecule has 0 aliphatic heterocycles. The molecule has 0 unspecified atom stereocenters.